The molecule has 0 radical (unpaired) electrons. The first kappa shape index (κ1) is 18.9. The first-order valence-corrected chi connectivity index (χ1v) is 9.23. The number of aromatic nitrogens is 1. The van der Waals surface area contributed by atoms with Gasteiger partial charge in [-0.3, -0.25) is 15.0 Å². The Morgan fingerprint density at radius 2 is 1.93 bits per heavy atom. The maximum Gasteiger partial charge on any atom is 0.356 e. The lowest BCUT2D eigenvalue weighted by molar-refractivity contribution is -0.384. The summed E-state index contributed by atoms with van der Waals surface area (Å²) in [6.45, 7) is 5.78. The van der Waals surface area contributed by atoms with Gasteiger partial charge in [0.2, 0.25) is 5.88 Å². The van der Waals surface area contributed by atoms with Crippen molar-refractivity contribution in [3.8, 4) is 5.88 Å². The Morgan fingerprint density at radius 3 is 2.59 bits per heavy atom. The molecule has 3 heterocycles. The second kappa shape index (κ2) is 7.17. The SMILES string of the molecule is CC(C)N1CC=C(c2c3n(c4cc([N+](=O)[O-])ccc24)OC(=O)/C=C\C(=O)O3)CC1. The van der Waals surface area contributed by atoms with E-state index in [9.17, 15) is 19.7 Å². The van der Waals surface area contributed by atoms with E-state index >= 15 is 0 Å². The van der Waals surface area contributed by atoms with Crippen LogP contribution in [0.3, 0.4) is 0 Å². The van der Waals surface area contributed by atoms with Crippen LogP contribution in [0.25, 0.3) is 16.5 Å². The molecule has 150 valence electrons. The fraction of sp³-hybridized carbons (Fsp3) is 0.300. The van der Waals surface area contributed by atoms with Crippen LogP contribution in [0, 0.1) is 10.1 Å². The zero-order chi connectivity index (χ0) is 20.7. The molecule has 0 atom stereocenters. The topological polar surface area (TPSA) is 104 Å². The summed E-state index contributed by atoms with van der Waals surface area (Å²) in [6.07, 6.45) is 4.69. The quantitative estimate of drug-likeness (QED) is 0.445. The number of nitrogens with zero attached hydrogens (tertiary/aromatic N) is 3. The van der Waals surface area contributed by atoms with E-state index < -0.39 is 16.9 Å². The van der Waals surface area contributed by atoms with E-state index in [1.165, 1.54) is 12.1 Å². The summed E-state index contributed by atoms with van der Waals surface area (Å²) in [6, 6.07) is 4.67. The average Bonchev–Trinajstić information content (AvgIpc) is 2.97. The third kappa shape index (κ3) is 3.40. The number of benzene rings is 1. The monoisotopic (exact) mass is 397 g/mol. The molecule has 0 N–H and O–H groups in total. The normalized spacial score (nSPS) is 18.5. The van der Waals surface area contributed by atoms with Gasteiger partial charge in [0, 0.05) is 48.8 Å². The summed E-state index contributed by atoms with van der Waals surface area (Å²) in [7, 11) is 0. The standard InChI is InChI=1S/C20H19N3O6/c1-12(2)21-9-7-13(8-10-21)19-15-4-3-14(23(26)27)11-16(15)22-20(19)28-17(24)5-6-18(25)29-22/h3-7,11-12H,8-10H2,1-2H3/b6-5-. The van der Waals surface area contributed by atoms with Crippen LogP contribution in [0.5, 0.6) is 5.88 Å². The number of nitro benzene ring substituents is 1. The zero-order valence-corrected chi connectivity index (χ0v) is 16.0. The molecule has 0 bridgehead atoms. The number of hydrogen-bond donors (Lipinski definition) is 0. The van der Waals surface area contributed by atoms with Crippen LogP contribution in [-0.2, 0) is 9.59 Å². The number of non-ortho nitro benzene ring substituents is 1. The maximum absolute atomic E-state index is 12.1. The number of carbonyl (C=O) groups excluding carboxylic acids is 2. The Hall–Kier alpha value is -3.46. The minimum absolute atomic E-state index is 0.0486. The molecule has 0 spiro atoms. The first-order chi connectivity index (χ1) is 13.8. The minimum Gasteiger partial charge on any atom is -0.402 e. The lowest BCUT2D eigenvalue weighted by Gasteiger charge is -2.29. The number of esters is 1. The van der Waals surface area contributed by atoms with Crippen molar-refractivity contribution in [2.75, 3.05) is 13.1 Å². The molecule has 1 aromatic carbocycles. The molecule has 4 rings (SSSR count). The number of carbonyl (C=O) groups is 2. The Labute approximate surface area is 165 Å². The summed E-state index contributed by atoms with van der Waals surface area (Å²) in [5.41, 5.74) is 1.67. The molecule has 9 nitrogen and oxygen atoms in total. The number of ether oxygens (including phenoxy) is 1. The van der Waals surface area contributed by atoms with E-state index in [1.54, 1.807) is 6.07 Å². The number of nitro groups is 1. The molecule has 0 amide bonds. The molecule has 9 heteroatoms. The second-order valence-electron chi connectivity index (χ2n) is 7.17. The summed E-state index contributed by atoms with van der Waals surface area (Å²) in [4.78, 5) is 42.4. The molecule has 2 aliphatic heterocycles. The van der Waals surface area contributed by atoms with Gasteiger partial charge in [-0.1, -0.05) is 6.08 Å². The van der Waals surface area contributed by atoms with Gasteiger partial charge in [0.25, 0.3) is 5.69 Å². The molecular formula is C20H19N3O6. The van der Waals surface area contributed by atoms with Crippen LogP contribution in [-0.4, -0.2) is 45.6 Å². The van der Waals surface area contributed by atoms with Crippen LogP contribution in [0.15, 0.2) is 36.4 Å². The van der Waals surface area contributed by atoms with Gasteiger partial charge in [-0.2, -0.15) is 0 Å². The van der Waals surface area contributed by atoms with Crippen LogP contribution in [0.4, 0.5) is 5.69 Å². The highest BCUT2D eigenvalue weighted by Crippen LogP contribution is 2.40. The van der Waals surface area contributed by atoms with E-state index in [1.807, 2.05) is 6.08 Å². The Balaban J connectivity index is 1.93. The van der Waals surface area contributed by atoms with Gasteiger partial charge < -0.3 is 9.57 Å². The summed E-state index contributed by atoms with van der Waals surface area (Å²) in [5, 5.41) is 11.8. The highest BCUT2D eigenvalue weighted by atomic mass is 16.7. The smallest absolute Gasteiger partial charge is 0.356 e. The molecular weight excluding hydrogens is 378 g/mol. The Bertz CT molecular complexity index is 1100. The van der Waals surface area contributed by atoms with Gasteiger partial charge in [-0.15, -0.1) is 4.73 Å². The van der Waals surface area contributed by atoms with Crippen molar-refractivity contribution in [2.45, 2.75) is 26.3 Å². The third-order valence-corrected chi connectivity index (χ3v) is 5.10. The summed E-state index contributed by atoms with van der Waals surface area (Å²) >= 11 is 0. The molecule has 2 aromatic rings. The van der Waals surface area contributed by atoms with Gasteiger partial charge in [0.05, 0.1) is 16.0 Å². The fourth-order valence-corrected chi connectivity index (χ4v) is 3.60. The van der Waals surface area contributed by atoms with E-state index in [4.69, 9.17) is 9.57 Å². The summed E-state index contributed by atoms with van der Waals surface area (Å²) < 4.78 is 6.53. The molecule has 0 saturated carbocycles. The highest BCUT2D eigenvalue weighted by molar-refractivity contribution is 6.01. The van der Waals surface area contributed by atoms with Gasteiger partial charge in [0.1, 0.15) is 0 Å². The summed E-state index contributed by atoms with van der Waals surface area (Å²) in [5.74, 6) is -1.45. The average molecular weight is 397 g/mol. The van der Waals surface area contributed by atoms with Crippen molar-refractivity contribution < 1.29 is 24.1 Å². The number of fused-ring (bicyclic) bond motifs is 3. The predicted octanol–water partition coefficient (Wildman–Crippen LogP) is 2.48. The fourth-order valence-electron chi connectivity index (χ4n) is 3.60. The molecule has 0 fully saturated rings. The number of rotatable bonds is 3. The molecule has 0 unspecified atom stereocenters. The molecule has 0 saturated heterocycles. The van der Waals surface area contributed by atoms with Gasteiger partial charge in [-0.25, -0.2) is 9.59 Å². The number of hydrogen-bond acceptors (Lipinski definition) is 7. The molecule has 0 aliphatic carbocycles. The van der Waals surface area contributed by atoms with E-state index in [0.717, 1.165) is 35.5 Å². The molecule has 1 aromatic heterocycles. The molecule has 29 heavy (non-hydrogen) atoms. The van der Waals surface area contributed by atoms with Crippen molar-refractivity contribution >= 4 is 34.1 Å². The largest absolute Gasteiger partial charge is 0.402 e. The third-order valence-electron chi connectivity index (χ3n) is 5.10. The van der Waals surface area contributed by atoms with Crippen LogP contribution in [0.1, 0.15) is 25.8 Å². The first-order valence-electron chi connectivity index (χ1n) is 9.23. The maximum atomic E-state index is 12.1. The van der Waals surface area contributed by atoms with E-state index in [-0.39, 0.29) is 17.1 Å². The van der Waals surface area contributed by atoms with Gasteiger partial charge in [0.15, 0.2) is 0 Å². The second-order valence-corrected chi connectivity index (χ2v) is 7.17. The van der Waals surface area contributed by atoms with E-state index in [2.05, 4.69) is 18.7 Å². The van der Waals surface area contributed by atoms with Crippen LogP contribution in [0.2, 0.25) is 0 Å². The zero-order valence-electron chi connectivity index (χ0n) is 16.0. The van der Waals surface area contributed by atoms with Crippen molar-refractivity contribution in [1.82, 2.24) is 9.63 Å². The van der Waals surface area contributed by atoms with Gasteiger partial charge in [-0.05, 0) is 31.9 Å². The van der Waals surface area contributed by atoms with Crippen molar-refractivity contribution in [3.63, 3.8) is 0 Å². The Kier molecular flexibility index (Phi) is 4.67. The Morgan fingerprint density at radius 1 is 1.17 bits per heavy atom. The van der Waals surface area contributed by atoms with Crippen molar-refractivity contribution in [1.29, 1.82) is 0 Å². The lowest BCUT2D eigenvalue weighted by Crippen LogP contribution is -2.34. The lowest BCUT2D eigenvalue weighted by atomic mass is 9.97. The van der Waals surface area contributed by atoms with Crippen LogP contribution >= 0.6 is 0 Å². The van der Waals surface area contributed by atoms with Gasteiger partial charge >= 0.3 is 11.9 Å². The minimum atomic E-state index is -0.776. The highest BCUT2D eigenvalue weighted by Gasteiger charge is 2.29. The predicted molar refractivity (Wildman–Crippen MR) is 104 cm³/mol. The van der Waals surface area contributed by atoms with Crippen molar-refractivity contribution in [3.05, 3.63) is 52.1 Å². The van der Waals surface area contributed by atoms with E-state index in [0.29, 0.717) is 23.4 Å². The molecule has 2 aliphatic rings. The van der Waals surface area contributed by atoms with Crippen LogP contribution < -0.4 is 9.57 Å². The van der Waals surface area contributed by atoms with Crippen molar-refractivity contribution in [2.24, 2.45) is 0 Å².